The van der Waals surface area contributed by atoms with E-state index in [2.05, 4.69) is 57.2 Å². The molecule has 0 amide bonds. The maximum Gasteiger partial charge on any atom is -0.0156 e. The van der Waals surface area contributed by atoms with Gasteiger partial charge >= 0.3 is 0 Å². The zero-order valence-corrected chi connectivity index (χ0v) is 8.75. The number of rotatable bonds is 3. The second-order valence-corrected chi connectivity index (χ2v) is 3.62. The lowest BCUT2D eigenvalue weighted by molar-refractivity contribution is 0.779. The summed E-state index contributed by atoms with van der Waals surface area (Å²) in [6.07, 6.45) is 5.48. The smallest absolute Gasteiger partial charge is 0.0156 e. The van der Waals surface area contributed by atoms with Gasteiger partial charge in [0.05, 0.1) is 0 Å². The van der Waals surface area contributed by atoms with Crippen LogP contribution in [-0.2, 0) is 0 Å². The molecule has 0 N–H and O–H groups in total. The van der Waals surface area contributed by atoms with Crippen molar-refractivity contribution in [2.24, 2.45) is 0 Å². The first-order valence-corrected chi connectivity index (χ1v) is 4.91. The molecule has 1 atom stereocenters. The van der Waals surface area contributed by atoms with Crippen molar-refractivity contribution < 1.29 is 0 Å². The molecule has 0 bridgehead atoms. The van der Waals surface area contributed by atoms with Crippen LogP contribution in [0.4, 0.5) is 0 Å². The average Bonchev–Trinajstić information content (AvgIpc) is 2.15. The highest BCUT2D eigenvalue weighted by molar-refractivity contribution is 5.24. The summed E-state index contributed by atoms with van der Waals surface area (Å²) in [5.41, 5.74) is 2.77. The fraction of sp³-hybridized carbons (Fsp3) is 0.385. The van der Waals surface area contributed by atoms with Gasteiger partial charge in [0, 0.05) is 0 Å². The molecule has 0 spiro atoms. The molecule has 0 heteroatoms. The Morgan fingerprint density at radius 2 is 1.85 bits per heavy atom. The second kappa shape index (κ2) is 4.86. The number of allylic oxidation sites excluding steroid dienone is 2. The van der Waals surface area contributed by atoms with Crippen molar-refractivity contribution >= 4 is 0 Å². The van der Waals surface area contributed by atoms with Crippen LogP contribution in [0.25, 0.3) is 0 Å². The van der Waals surface area contributed by atoms with Crippen LogP contribution >= 0.6 is 0 Å². The molecule has 1 unspecified atom stereocenters. The lowest BCUT2D eigenvalue weighted by Gasteiger charge is -2.08. The van der Waals surface area contributed by atoms with Crippen LogP contribution in [0.3, 0.4) is 0 Å². The normalized spacial score (nSPS) is 13.5. The summed E-state index contributed by atoms with van der Waals surface area (Å²) in [6, 6.07) is 8.82. The van der Waals surface area contributed by atoms with Crippen molar-refractivity contribution in [1.82, 2.24) is 0 Å². The van der Waals surface area contributed by atoms with Gasteiger partial charge in [-0.05, 0) is 31.7 Å². The Kier molecular flexibility index (Phi) is 3.75. The molecular formula is C13H18. The number of aryl methyl sites for hydroxylation is 1. The summed E-state index contributed by atoms with van der Waals surface area (Å²) in [4.78, 5) is 0. The minimum Gasteiger partial charge on any atom is -0.0916 e. The Balaban J connectivity index is 2.66. The fourth-order valence-electron chi connectivity index (χ4n) is 1.37. The first kappa shape index (κ1) is 10.0. The Hall–Kier alpha value is -1.04. The van der Waals surface area contributed by atoms with Gasteiger partial charge in [0.25, 0.3) is 0 Å². The minimum atomic E-state index is 0.636. The molecule has 1 aromatic carbocycles. The molecule has 1 rings (SSSR count). The average molecular weight is 174 g/mol. The number of hydrogen-bond donors (Lipinski definition) is 0. The molecule has 0 saturated heterocycles. The molecule has 13 heavy (non-hydrogen) atoms. The Morgan fingerprint density at radius 1 is 1.23 bits per heavy atom. The van der Waals surface area contributed by atoms with Crippen LogP contribution in [0, 0.1) is 6.92 Å². The van der Waals surface area contributed by atoms with Crippen LogP contribution in [-0.4, -0.2) is 0 Å². The van der Waals surface area contributed by atoms with Crippen molar-refractivity contribution in [1.29, 1.82) is 0 Å². The Labute approximate surface area is 81.3 Å². The third-order valence-corrected chi connectivity index (χ3v) is 2.37. The van der Waals surface area contributed by atoms with E-state index in [-0.39, 0.29) is 0 Å². The molecule has 0 aliphatic heterocycles. The SMILES string of the molecule is C/C=C/CC(C)c1ccc(C)cc1. The van der Waals surface area contributed by atoms with E-state index in [4.69, 9.17) is 0 Å². The van der Waals surface area contributed by atoms with Gasteiger partial charge in [-0.2, -0.15) is 0 Å². The second-order valence-electron chi connectivity index (χ2n) is 3.62. The van der Waals surface area contributed by atoms with Gasteiger partial charge in [0.15, 0.2) is 0 Å². The van der Waals surface area contributed by atoms with Crippen LogP contribution in [0.5, 0.6) is 0 Å². The third kappa shape index (κ3) is 3.06. The van der Waals surface area contributed by atoms with E-state index in [1.165, 1.54) is 11.1 Å². The van der Waals surface area contributed by atoms with Gasteiger partial charge in [-0.1, -0.05) is 48.9 Å². The van der Waals surface area contributed by atoms with Gasteiger partial charge in [0.1, 0.15) is 0 Å². The van der Waals surface area contributed by atoms with E-state index in [1.807, 2.05) is 0 Å². The van der Waals surface area contributed by atoms with E-state index in [0.717, 1.165) is 6.42 Å². The number of benzene rings is 1. The highest BCUT2D eigenvalue weighted by Gasteiger charge is 2.01. The van der Waals surface area contributed by atoms with Crippen molar-refractivity contribution in [3.05, 3.63) is 47.5 Å². The van der Waals surface area contributed by atoms with Gasteiger partial charge in [-0.15, -0.1) is 0 Å². The monoisotopic (exact) mass is 174 g/mol. The first-order chi connectivity index (χ1) is 6.24. The van der Waals surface area contributed by atoms with E-state index in [9.17, 15) is 0 Å². The summed E-state index contributed by atoms with van der Waals surface area (Å²) < 4.78 is 0. The molecule has 0 aromatic heterocycles. The van der Waals surface area contributed by atoms with Crippen molar-refractivity contribution in [2.45, 2.75) is 33.1 Å². The van der Waals surface area contributed by atoms with Gasteiger partial charge in [-0.3, -0.25) is 0 Å². The molecule has 0 fully saturated rings. The van der Waals surface area contributed by atoms with Crippen LogP contribution in [0.2, 0.25) is 0 Å². The van der Waals surface area contributed by atoms with E-state index in [0.29, 0.717) is 5.92 Å². The standard InChI is InChI=1S/C13H18/c1-4-5-6-12(3)13-9-7-11(2)8-10-13/h4-5,7-10,12H,6H2,1-3H3/b5-4+. The predicted octanol–water partition coefficient (Wildman–Crippen LogP) is 4.06. The maximum absolute atomic E-state index is 2.27. The van der Waals surface area contributed by atoms with Gasteiger partial charge in [-0.25, -0.2) is 0 Å². The Bertz CT molecular complexity index is 267. The summed E-state index contributed by atoms with van der Waals surface area (Å²) in [6.45, 7) is 6.47. The summed E-state index contributed by atoms with van der Waals surface area (Å²) in [7, 11) is 0. The number of hydrogen-bond acceptors (Lipinski definition) is 0. The molecular weight excluding hydrogens is 156 g/mol. The summed E-state index contributed by atoms with van der Waals surface area (Å²) in [5, 5.41) is 0. The van der Waals surface area contributed by atoms with Gasteiger partial charge in [0.2, 0.25) is 0 Å². The van der Waals surface area contributed by atoms with Crippen molar-refractivity contribution in [2.75, 3.05) is 0 Å². The largest absolute Gasteiger partial charge is 0.0916 e. The van der Waals surface area contributed by atoms with Crippen molar-refractivity contribution in [3.8, 4) is 0 Å². The molecule has 0 aliphatic carbocycles. The van der Waals surface area contributed by atoms with E-state index < -0.39 is 0 Å². The first-order valence-electron chi connectivity index (χ1n) is 4.91. The predicted molar refractivity (Wildman–Crippen MR) is 59.0 cm³/mol. The molecule has 0 heterocycles. The molecule has 1 aromatic rings. The summed E-state index contributed by atoms with van der Waals surface area (Å²) >= 11 is 0. The van der Waals surface area contributed by atoms with E-state index >= 15 is 0 Å². The lowest BCUT2D eigenvalue weighted by atomic mass is 9.97. The fourth-order valence-corrected chi connectivity index (χ4v) is 1.37. The molecule has 70 valence electrons. The highest BCUT2D eigenvalue weighted by atomic mass is 14.1. The molecule has 0 nitrogen and oxygen atoms in total. The third-order valence-electron chi connectivity index (χ3n) is 2.37. The lowest BCUT2D eigenvalue weighted by Crippen LogP contribution is -1.91. The summed E-state index contributed by atoms with van der Waals surface area (Å²) in [5.74, 6) is 0.636. The van der Waals surface area contributed by atoms with Crippen molar-refractivity contribution in [3.63, 3.8) is 0 Å². The minimum absolute atomic E-state index is 0.636. The topological polar surface area (TPSA) is 0 Å². The molecule has 0 radical (unpaired) electrons. The van der Waals surface area contributed by atoms with E-state index in [1.54, 1.807) is 0 Å². The van der Waals surface area contributed by atoms with Crippen LogP contribution in [0.1, 0.15) is 37.3 Å². The highest BCUT2D eigenvalue weighted by Crippen LogP contribution is 2.19. The van der Waals surface area contributed by atoms with Gasteiger partial charge < -0.3 is 0 Å². The Morgan fingerprint density at radius 3 is 2.38 bits per heavy atom. The molecule has 0 aliphatic rings. The maximum atomic E-state index is 2.27. The molecule has 0 saturated carbocycles. The van der Waals surface area contributed by atoms with Crippen LogP contribution < -0.4 is 0 Å². The zero-order valence-electron chi connectivity index (χ0n) is 8.75. The zero-order chi connectivity index (χ0) is 9.68. The quantitative estimate of drug-likeness (QED) is 0.606. The van der Waals surface area contributed by atoms with Crippen LogP contribution in [0.15, 0.2) is 36.4 Å².